The summed E-state index contributed by atoms with van der Waals surface area (Å²) < 4.78 is 21.4. The topological polar surface area (TPSA) is 86.3 Å². The van der Waals surface area contributed by atoms with Gasteiger partial charge in [0.2, 0.25) is 3.79 Å². The van der Waals surface area contributed by atoms with Crippen molar-refractivity contribution in [2.75, 3.05) is 13.2 Å². The van der Waals surface area contributed by atoms with Gasteiger partial charge in [0.15, 0.2) is 6.29 Å². The molecule has 2 N–H and O–H groups in total. The van der Waals surface area contributed by atoms with E-state index in [2.05, 4.69) is 5.32 Å². The van der Waals surface area contributed by atoms with Crippen LogP contribution in [0.25, 0.3) is 0 Å². The lowest BCUT2D eigenvalue weighted by molar-refractivity contribution is -0.306. The molecule has 0 radical (unpaired) electrons. The Morgan fingerprint density at radius 3 is 2.42 bits per heavy atom. The molecule has 7 nitrogen and oxygen atoms in total. The highest BCUT2D eigenvalue weighted by Gasteiger charge is 2.50. The van der Waals surface area contributed by atoms with E-state index in [0.717, 1.165) is 10.5 Å². The van der Waals surface area contributed by atoms with E-state index in [4.69, 9.17) is 53.8 Å². The Morgan fingerprint density at radius 2 is 1.76 bits per heavy atom. The highest BCUT2D eigenvalue weighted by atomic mass is 35.6. The first-order chi connectivity index (χ1) is 15.8. The Labute approximate surface area is 210 Å². The summed E-state index contributed by atoms with van der Waals surface area (Å²) in [4.78, 5) is 13.3. The fourth-order valence-corrected chi connectivity index (χ4v) is 4.90. The Balaban J connectivity index is 1.51. The molecule has 33 heavy (non-hydrogen) atoms. The van der Waals surface area contributed by atoms with Crippen molar-refractivity contribution in [1.82, 2.24) is 5.32 Å². The van der Waals surface area contributed by atoms with E-state index in [1.54, 1.807) is 0 Å². The molecule has 2 saturated heterocycles. The minimum Gasteiger partial charge on any atom is -0.445 e. The van der Waals surface area contributed by atoms with E-state index in [9.17, 15) is 9.90 Å². The van der Waals surface area contributed by atoms with Crippen LogP contribution in [0.4, 0.5) is 4.79 Å². The number of carbonyl (C=O) groups is 1. The van der Waals surface area contributed by atoms with Crippen LogP contribution in [0.1, 0.15) is 11.9 Å². The molecule has 11 heteroatoms. The lowest BCUT2D eigenvalue weighted by atomic mass is 9.97. The first kappa shape index (κ1) is 24.9. The van der Waals surface area contributed by atoms with Crippen LogP contribution in [0.2, 0.25) is 0 Å². The van der Waals surface area contributed by atoms with Crippen LogP contribution in [0.5, 0.6) is 0 Å². The monoisotopic (exact) mass is 533 g/mol. The number of alkyl halides is 3. The number of benzene rings is 2. The summed E-state index contributed by atoms with van der Waals surface area (Å²) in [7, 11) is 0. The number of carbonyl (C=O) groups excluding carboxylic acids is 1. The Morgan fingerprint density at radius 1 is 1.09 bits per heavy atom. The minimum atomic E-state index is -1.75. The van der Waals surface area contributed by atoms with Crippen molar-refractivity contribution < 1.29 is 28.8 Å². The molecule has 0 bridgehead atoms. The SMILES string of the molecule is O=C(N[C@@H]1[C@@H](O)[C@H]2OC(c3ccccc3)OC[C@H]2O[C@H]1Sc1ccccc1)OCC(Cl)(Cl)Cl. The van der Waals surface area contributed by atoms with Gasteiger partial charge >= 0.3 is 6.09 Å². The van der Waals surface area contributed by atoms with Crippen LogP contribution in [0.3, 0.4) is 0 Å². The largest absolute Gasteiger partial charge is 0.445 e. The van der Waals surface area contributed by atoms with Crippen LogP contribution in [0, 0.1) is 0 Å². The Kier molecular flexibility index (Phi) is 8.30. The molecule has 0 aliphatic carbocycles. The van der Waals surface area contributed by atoms with Gasteiger partial charge in [0.25, 0.3) is 0 Å². The van der Waals surface area contributed by atoms with Crippen LogP contribution < -0.4 is 5.32 Å². The first-order valence-corrected chi connectivity index (χ1v) is 12.2. The standard InChI is InChI=1S/C22H22Cl3NO6S/c23-22(24,25)12-30-21(28)26-16-17(27)18-15(31-20(16)33-14-9-5-2-6-10-14)11-29-19(32-18)13-7-3-1-4-8-13/h1-10,15-20,27H,11-12H2,(H,26,28)/t15-,16-,17-,18+,19?,20+/m1/s1. The third-order valence-corrected chi connectivity index (χ3v) is 6.59. The molecular weight excluding hydrogens is 513 g/mol. The normalized spacial score (nSPS) is 29.7. The van der Waals surface area contributed by atoms with Gasteiger partial charge in [-0.3, -0.25) is 0 Å². The molecule has 2 aromatic carbocycles. The smallest absolute Gasteiger partial charge is 0.407 e. The summed E-state index contributed by atoms with van der Waals surface area (Å²) in [5, 5.41) is 13.9. The maximum Gasteiger partial charge on any atom is 0.407 e. The maximum atomic E-state index is 12.4. The van der Waals surface area contributed by atoms with Crippen molar-refractivity contribution in [3.05, 3.63) is 66.2 Å². The van der Waals surface area contributed by atoms with Crippen LogP contribution in [0.15, 0.2) is 65.6 Å². The number of amides is 1. The molecule has 2 aromatic rings. The molecule has 1 amide bonds. The fraction of sp³-hybridized carbons (Fsp3) is 0.409. The van der Waals surface area contributed by atoms with E-state index >= 15 is 0 Å². The second-order valence-electron chi connectivity index (χ2n) is 7.50. The second kappa shape index (κ2) is 11.0. The Hall–Kier alpha value is -1.23. The van der Waals surface area contributed by atoms with Gasteiger partial charge in [-0.1, -0.05) is 95.1 Å². The highest BCUT2D eigenvalue weighted by Crippen LogP contribution is 2.39. The molecule has 2 heterocycles. The molecule has 0 saturated carbocycles. The summed E-state index contributed by atoms with van der Waals surface area (Å²) in [6, 6.07) is 18.0. The van der Waals surface area contributed by atoms with Gasteiger partial charge in [-0.2, -0.15) is 0 Å². The molecule has 1 unspecified atom stereocenters. The molecule has 178 valence electrons. The van der Waals surface area contributed by atoms with E-state index in [1.165, 1.54) is 11.8 Å². The van der Waals surface area contributed by atoms with Crippen molar-refractivity contribution >= 4 is 52.7 Å². The van der Waals surface area contributed by atoms with E-state index in [-0.39, 0.29) is 6.61 Å². The van der Waals surface area contributed by atoms with Gasteiger partial charge in [-0.05, 0) is 12.1 Å². The zero-order valence-electron chi connectivity index (χ0n) is 17.2. The summed E-state index contributed by atoms with van der Waals surface area (Å²) in [6.45, 7) is -0.228. The van der Waals surface area contributed by atoms with Gasteiger partial charge < -0.3 is 29.4 Å². The zero-order chi connectivity index (χ0) is 23.4. The molecule has 0 spiro atoms. The number of hydrogen-bond donors (Lipinski definition) is 2. The van der Waals surface area contributed by atoms with Gasteiger partial charge in [0.1, 0.15) is 30.4 Å². The number of hydrogen-bond acceptors (Lipinski definition) is 7. The summed E-state index contributed by atoms with van der Waals surface area (Å²) in [5.41, 5.74) is 0.167. The summed E-state index contributed by atoms with van der Waals surface area (Å²) in [5.74, 6) is 0. The molecule has 2 fully saturated rings. The van der Waals surface area contributed by atoms with Gasteiger partial charge in [0, 0.05) is 10.5 Å². The molecule has 6 atom stereocenters. The van der Waals surface area contributed by atoms with Gasteiger partial charge in [-0.25, -0.2) is 4.79 Å². The van der Waals surface area contributed by atoms with Crippen LogP contribution in [-0.2, 0) is 18.9 Å². The number of rotatable bonds is 5. The third kappa shape index (κ3) is 6.68. The number of aliphatic hydroxyl groups excluding tert-OH is 1. The van der Waals surface area contributed by atoms with Gasteiger partial charge in [-0.15, -0.1) is 0 Å². The van der Waals surface area contributed by atoms with Gasteiger partial charge in [0.05, 0.1) is 12.6 Å². The first-order valence-electron chi connectivity index (χ1n) is 10.2. The predicted octanol–water partition coefficient (Wildman–Crippen LogP) is 4.44. The third-order valence-electron chi connectivity index (χ3n) is 5.08. The maximum absolute atomic E-state index is 12.4. The van der Waals surface area contributed by atoms with E-state index in [0.29, 0.717) is 0 Å². The minimum absolute atomic E-state index is 0.220. The molecule has 2 aliphatic rings. The number of fused-ring (bicyclic) bond motifs is 1. The number of aliphatic hydroxyl groups is 1. The van der Waals surface area contributed by atoms with Crippen molar-refractivity contribution in [2.45, 2.75) is 44.8 Å². The predicted molar refractivity (Wildman–Crippen MR) is 126 cm³/mol. The van der Waals surface area contributed by atoms with Crippen LogP contribution in [-0.4, -0.2) is 58.0 Å². The number of thioether (sulfide) groups is 1. The highest BCUT2D eigenvalue weighted by molar-refractivity contribution is 7.99. The van der Waals surface area contributed by atoms with Crippen molar-refractivity contribution in [3.63, 3.8) is 0 Å². The second-order valence-corrected chi connectivity index (χ2v) is 11.2. The van der Waals surface area contributed by atoms with E-state index < -0.39 is 52.6 Å². The quantitative estimate of drug-likeness (QED) is 0.548. The average molecular weight is 535 g/mol. The van der Waals surface area contributed by atoms with E-state index in [1.807, 2.05) is 60.7 Å². The number of halogens is 3. The lowest BCUT2D eigenvalue weighted by Gasteiger charge is -2.47. The fourth-order valence-electron chi connectivity index (χ4n) is 3.58. The van der Waals surface area contributed by atoms with Crippen LogP contribution >= 0.6 is 46.6 Å². The average Bonchev–Trinajstić information content (AvgIpc) is 2.81. The van der Waals surface area contributed by atoms with Crippen molar-refractivity contribution in [1.29, 1.82) is 0 Å². The molecule has 2 aliphatic heterocycles. The molecule has 4 rings (SSSR count). The summed E-state index contributed by atoms with van der Waals surface area (Å²) >= 11 is 18.3. The molecular formula is C22H22Cl3NO6S. The lowest BCUT2D eigenvalue weighted by Crippen LogP contribution is -2.65. The summed E-state index contributed by atoms with van der Waals surface area (Å²) in [6.07, 6.45) is -3.90. The number of alkyl carbamates (subject to hydrolysis) is 1. The zero-order valence-corrected chi connectivity index (χ0v) is 20.3. The molecule has 0 aromatic heterocycles. The number of ether oxygens (including phenoxy) is 4. The van der Waals surface area contributed by atoms with Crippen molar-refractivity contribution in [3.8, 4) is 0 Å². The van der Waals surface area contributed by atoms with Crippen molar-refractivity contribution in [2.24, 2.45) is 0 Å². The number of nitrogens with one attached hydrogen (secondary N) is 1. The Bertz CT molecular complexity index is 919.